The summed E-state index contributed by atoms with van der Waals surface area (Å²) >= 11 is 0. The zero-order valence-corrected chi connectivity index (χ0v) is 11.9. The third-order valence-electron chi connectivity index (χ3n) is 3.57. The van der Waals surface area contributed by atoms with E-state index in [1.165, 1.54) is 0 Å². The van der Waals surface area contributed by atoms with Crippen LogP contribution in [0.25, 0.3) is 0 Å². The van der Waals surface area contributed by atoms with Crippen LogP contribution in [-0.2, 0) is 9.53 Å². The van der Waals surface area contributed by atoms with Gasteiger partial charge in [0.2, 0.25) is 5.91 Å². The Morgan fingerprint density at radius 3 is 2.78 bits per heavy atom. The minimum Gasteiger partial charge on any atom is -0.379 e. The molecule has 3 atom stereocenters. The van der Waals surface area contributed by atoms with Gasteiger partial charge in [0, 0.05) is 19.2 Å². The molecule has 1 amide bonds. The Balaban J connectivity index is 2.22. The highest BCUT2D eigenvalue weighted by atomic mass is 16.5. The number of hydrogen-bond acceptors (Lipinski definition) is 3. The number of carbonyl (C=O) groups is 1. The van der Waals surface area contributed by atoms with Crippen molar-refractivity contribution in [1.29, 1.82) is 0 Å². The standard InChI is InChI=1S/C14H28N2O2/c1-10(2)9-18-8-7-16-14(17)13-11(3)5-4-6-12(13)15/h10-13H,4-9,15H2,1-3H3,(H,16,17). The summed E-state index contributed by atoms with van der Waals surface area (Å²) < 4.78 is 5.44. The first kappa shape index (κ1) is 15.4. The van der Waals surface area contributed by atoms with Gasteiger partial charge in [-0.2, -0.15) is 0 Å². The van der Waals surface area contributed by atoms with Crippen LogP contribution in [0.15, 0.2) is 0 Å². The predicted octanol–water partition coefficient (Wildman–Crippen LogP) is 1.54. The van der Waals surface area contributed by atoms with Gasteiger partial charge in [0.05, 0.1) is 12.5 Å². The number of carbonyl (C=O) groups excluding carboxylic acids is 1. The molecule has 0 heterocycles. The number of amides is 1. The van der Waals surface area contributed by atoms with Gasteiger partial charge < -0.3 is 15.8 Å². The van der Waals surface area contributed by atoms with Crippen molar-refractivity contribution in [3.05, 3.63) is 0 Å². The molecular weight excluding hydrogens is 228 g/mol. The van der Waals surface area contributed by atoms with E-state index >= 15 is 0 Å². The summed E-state index contributed by atoms with van der Waals surface area (Å²) in [5, 5.41) is 2.94. The van der Waals surface area contributed by atoms with Crippen molar-refractivity contribution >= 4 is 5.91 Å². The molecule has 1 saturated carbocycles. The van der Waals surface area contributed by atoms with Gasteiger partial charge in [0.1, 0.15) is 0 Å². The molecule has 0 aromatic carbocycles. The smallest absolute Gasteiger partial charge is 0.225 e. The Bertz CT molecular complexity index is 246. The zero-order chi connectivity index (χ0) is 13.5. The quantitative estimate of drug-likeness (QED) is 0.709. The fourth-order valence-electron chi connectivity index (χ4n) is 2.59. The van der Waals surface area contributed by atoms with Crippen molar-refractivity contribution in [2.24, 2.45) is 23.5 Å². The lowest BCUT2D eigenvalue weighted by Gasteiger charge is -2.33. The van der Waals surface area contributed by atoms with E-state index in [-0.39, 0.29) is 17.9 Å². The maximum absolute atomic E-state index is 12.1. The maximum atomic E-state index is 12.1. The van der Waals surface area contributed by atoms with Gasteiger partial charge in [-0.05, 0) is 24.7 Å². The number of nitrogens with two attached hydrogens (primary N) is 1. The van der Waals surface area contributed by atoms with Crippen LogP contribution < -0.4 is 11.1 Å². The number of ether oxygens (including phenoxy) is 1. The van der Waals surface area contributed by atoms with Crippen LogP contribution in [0.3, 0.4) is 0 Å². The molecule has 0 aromatic rings. The van der Waals surface area contributed by atoms with Gasteiger partial charge in [0.15, 0.2) is 0 Å². The van der Waals surface area contributed by atoms with E-state index in [2.05, 4.69) is 26.1 Å². The molecule has 3 unspecified atom stereocenters. The highest BCUT2D eigenvalue weighted by molar-refractivity contribution is 5.79. The predicted molar refractivity (Wildman–Crippen MR) is 73.1 cm³/mol. The molecule has 4 heteroatoms. The van der Waals surface area contributed by atoms with E-state index < -0.39 is 0 Å². The third-order valence-corrected chi connectivity index (χ3v) is 3.57. The molecule has 1 rings (SSSR count). The fourth-order valence-corrected chi connectivity index (χ4v) is 2.59. The van der Waals surface area contributed by atoms with E-state index in [4.69, 9.17) is 10.5 Å². The summed E-state index contributed by atoms with van der Waals surface area (Å²) in [6, 6.07) is 0.0188. The number of hydrogen-bond donors (Lipinski definition) is 2. The van der Waals surface area contributed by atoms with E-state index in [0.717, 1.165) is 25.9 Å². The lowest BCUT2D eigenvalue weighted by atomic mass is 9.76. The van der Waals surface area contributed by atoms with Gasteiger partial charge in [-0.25, -0.2) is 0 Å². The van der Waals surface area contributed by atoms with Crippen LogP contribution in [0, 0.1) is 17.8 Å². The Labute approximate surface area is 111 Å². The molecule has 1 aliphatic rings. The summed E-state index contributed by atoms with van der Waals surface area (Å²) in [6.07, 6.45) is 3.21. The van der Waals surface area contributed by atoms with Crippen LogP contribution in [0.4, 0.5) is 0 Å². The third kappa shape index (κ3) is 4.94. The molecule has 0 aliphatic heterocycles. The summed E-state index contributed by atoms with van der Waals surface area (Å²) in [5.74, 6) is 1.00. The minimum atomic E-state index is -0.0242. The molecule has 3 N–H and O–H groups in total. The average Bonchev–Trinajstić information content (AvgIpc) is 2.27. The first-order valence-corrected chi connectivity index (χ1v) is 7.13. The second-order valence-electron chi connectivity index (χ2n) is 5.86. The first-order valence-electron chi connectivity index (χ1n) is 7.13. The van der Waals surface area contributed by atoms with E-state index in [1.807, 2.05) is 0 Å². The lowest BCUT2D eigenvalue weighted by Crippen LogP contribution is -2.47. The van der Waals surface area contributed by atoms with Crippen molar-refractivity contribution in [3.8, 4) is 0 Å². The number of rotatable bonds is 6. The minimum absolute atomic E-state index is 0.0188. The van der Waals surface area contributed by atoms with Crippen molar-refractivity contribution in [3.63, 3.8) is 0 Å². The Kier molecular flexibility index (Phi) is 6.65. The van der Waals surface area contributed by atoms with Gasteiger partial charge in [-0.3, -0.25) is 4.79 Å². The number of nitrogens with one attached hydrogen (secondary N) is 1. The van der Waals surface area contributed by atoms with Crippen LogP contribution in [0.1, 0.15) is 40.0 Å². The van der Waals surface area contributed by atoms with Crippen LogP contribution in [0.5, 0.6) is 0 Å². The van der Waals surface area contributed by atoms with Crippen LogP contribution in [-0.4, -0.2) is 31.7 Å². The fraction of sp³-hybridized carbons (Fsp3) is 0.929. The van der Waals surface area contributed by atoms with Gasteiger partial charge in [0.25, 0.3) is 0 Å². The van der Waals surface area contributed by atoms with Crippen molar-refractivity contribution in [1.82, 2.24) is 5.32 Å². The molecular formula is C14H28N2O2. The molecule has 18 heavy (non-hydrogen) atoms. The highest BCUT2D eigenvalue weighted by Gasteiger charge is 2.33. The largest absolute Gasteiger partial charge is 0.379 e. The molecule has 1 aliphatic carbocycles. The molecule has 0 aromatic heterocycles. The molecule has 0 radical (unpaired) electrons. The molecule has 0 bridgehead atoms. The molecule has 106 valence electrons. The van der Waals surface area contributed by atoms with E-state index in [9.17, 15) is 4.79 Å². The topological polar surface area (TPSA) is 64.3 Å². The maximum Gasteiger partial charge on any atom is 0.225 e. The Morgan fingerprint density at radius 1 is 1.44 bits per heavy atom. The monoisotopic (exact) mass is 256 g/mol. The first-order chi connectivity index (χ1) is 8.52. The molecule has 4 nitrogen and oxygen atoms in total. The normalized spacial score (nSPS) is 28.4. The summed E-state index contributed by atoms with van der Waals surface area (Å²) in [4.78, 5) is 12.1. The molecule has 0 spiro atoms. The highest BCUT2D eigenvalue weighted by Crippen LogP contribution is 2.28. The average molecular weight is 256 g/mol. The van der Waals surface area contributed by atoms with Gasteiger partial charge in [-0.1, -0.05) is 27.2 Å². The van der Waals surface area contributed by atoms with Crippen LogP contribution in [0.2, 0.25) is 0 Å². The van der Waals surface area contributed by atoms with E-state index in [1.54, 1.807) is 0 Å². The molecule has 1 fully saturated rings. The molecule has 0 saturated heterocycles. The van der Waals surface area contributed by atoms with Crippen molar-refractivity contribution < 1.29 is 9.53 Å². The van der Waals surface area contributed by atoms with Gasteiger partial charge >= 0.3 is 0 Å². The zero-order valence-electron chi connectivity index (χ0n) is 11.9. The Morgan fingerprint density at radius 2 is 2.17 bits per heavy atom. The lowest BCUT2D eigenvalue weighted by molar-refractivity contribution is -0.128. The second kappa shape index (κ2) is 7.74. The van der Waals surface area contributed by atoms with Crippen molar-refractivity contribution in [2.45, 2.75) is 46.1 Å². The summed E-state index contributed by atoms with van der Waals surface area (Å²) in [6.45, 7) is 8.26. The second-order valence-corrected chi connectivity index (χ2v) is 5.86. The van der Waals surface area contributed by atoms with Crippen LogP contribution >= 0.6 is 0 Å². The van der Waals surface area contributed by atoms with E-state index in [0.29, 0.717) is 25.0 Å². The van der Waals surface area contributed by atoms with Gasteiger partial charge in [-0.15, -0.1) is 0 Å². The Hall–Kier alpha value is -0.610. The summed E-state index contributed by atoms with van der Waals surface area (Å²) in [7, 11) is 0. The summed E-state index contributed by atoms with van der Waals surface area (Å²) in [5.41, 5.74) is 6.05. The SMILES string of the molecule is CC(C)COCCNC(=O)C1C(C)CCCC1N. The van der Waals surface area contributed by atoms with Crippen molar-refractivity contribution in [2.75, 3.05) is 19.8 Å².